The second-order valence-electron chi connectivity index (χ2n) is 5.50. The number of benzene rings is 1. The first-order chi connectivity index (χ1) is 9.62. The van der Waals surface area contributed by atoms with E-state index in [1.165, 1.54) is 16.8 Å². The normalized spacial score (nSPS) is 11.7. The number of hydrogen-bond acceptors (Lipinski definition) is 5. The maximum Gasteiger partial charge on any atom is 0.297 e. The Balaban J connectivity index is 2.83. The van der Waals surface area contributed by atoms with Gasteiger partial charge in [0.2, 0.25) is 0 Å². The second kappa shape index (κ2) is 5.16. The van der Waals surface area contributed by atoms with Crippen LogP contribution in [0.2, 0.25) is 10.0 Å². The Morgan fingerprint density at radius 1 is 1.33 bits per heavy atom. The maximum absolute atomic E-state index is 11.3. The van der Waals surface area contributed by atoms with E-state index in [9.17, 15) is 10.1 Å². The Bertz CT molecular complexity index is 721. The molecule has 7 nitrogen and oxygen atoms in total. The van der Waals surface area contributed by atoms with E-state index < -0.39 is 10.3 Å². The molecule has 0 unspecified atom stereocenters. The quantitative estimate of drug-likeness (QED) is 0.672. The molecule has 1 aromatic heterocycles. The molecule has 0 fully saturated rings. The molecule has 0 bridgehead atoms. The van der Waals surface area contributed by atoms with Crippen molar-refractivity contribution < 1.29 is 4.92 Å². The summed E-state index contributed by atoms with van der Waals surface area (Å²) in [5.41, 5.74) is 5.78. The van der Waals surface area contributed by atoms with Crippen LogP contribution in [0.4, 0.5) is 11.5 Å². The van der Waals surface area contributed by atoms with Gasteiger partial charge >= 0.3 is 0 Å². The highest BCUT2D eigenvalue weighted by Crippen LogP contribution is 2.37. The summed E-state index contributed by atoms with van der Waals surface area (Å²) in [7, 11) is 0. The molecule has 0 amide bonds. The van der Waals surface area contributed by atoms with Gasteiger partial charge in [-0.3, -0.25) is 10.1 Å². The molecule has 2 rings (SSSR count). The van der Waals surface area contributed by atoms with Crippen LogP contribution >= 0.6 is 23.2 Å². The molecule has 112 valence electrons. The van der Waals surface area contributed by atoms with E-state index in [0.29, 0.717) is 5.69 Å². The van der Waals surface area contributed by atoms with Gasteiger partial charge in [-0.1, -0.05) is 49.2 Å². The van der Waals surface area contributed by atoms with Gasteiger partial charge in [0.25, 0.3) is 5.69 Å². The summed E-state index contributed by atoms with van der Waals surface area (Å²) in [6.07, 6.45) is 0. The molecule has 1 aromatic carbocycles. The number of aromatic nitrogens is 3. The predicted octanol–water partition coefficient (Wildman–Crippen LogP) is 3.36. The minimum atomic E-state index is -0.572. The smallest absolute Gasteiger partial charge is 0.297 e. The summed E-state index contributed by atoms with van der Waals surface area (Å²) in [5.74, 6) is 0.197. The summed E-state index contributed by atoms with van der Waals surface area (Å²) >= 11 is 12.0. The zero-order valence-electron chi connectivity index (χ0n) is 11.6. The van der Waals surface area contributed by atoms with Gasteiger partial charge < -0.3 is 5.73 Å². The van der Waals surface area contributed by atoms with Gasteiger partial charge in [-0.2, -0.15) is 0 Å². The van der Waals surface area contributed by atoms with E-state index in [-0.39, 0.29) is 27.2 Å². The number of halogens is 2. The summed E-state index contributed by atoms with van der Waals surface area (Å²) < 4.78 is 1.30. The number of nitrogens with zero attached hydrogens (tertiary/aromatic N) is 4. The van der Waals surface area contributed by atoms with Crippen molar-refractivity contribution in [1.82, 2.24) is 15.0 Å². The zero-order valence-corrected chi connectivity index (χ0v) is 13.1. The molecule has 21 heavy (non-hydrogen) atoms. The highest BCUT2D eigenvalue weighted by atomic mass is 35.5. The van der Waals surface area contributed by atoms with Crippen LogP contribution in [0, 0.1) is 10.1 Å². The van der Waals surface area contributed by atoms with Crippen molar-refractivity contribution in [3.05, 3.63) is 38.0 Å². The van der Waals surface area contributed by atoms with Crippen LogP contribution in [0.15, 0.2) is 12.1 Å². The lowest BCUT2D eigenvalue weighted by Gasteiger charge is -2.20. The fourth-order valence-electron chi connectivity index (χ4n) is 2.05. The molecule has 0 aliphatic rings. The lowest BCUT2D eigenvalue weighted by Crippen LogP contribution is -2.20. The van der Waals surface area contributed by atoms with E-state index >= 15 is 0 Å². The van der Waals surface area contributed by atoms with Gasteiger partial charge in [0.15, 0.2) is 11.5 Å². The summed E-state index contributed by atoms with van der Waals surface area (Å²) in [4.78, 5) is 10.7. The molecule has 2 aromatic rings. The average molecular weight is 330 g/mol. The van der Waals surface area contributed by atoms with Gasteiger partial charge in [0.1, 0.15) is 0 Å². The summed E-state index contributed by atoms with van der Waals surface area (Å²) in [5, 5.41) is 19.2. The predicted molar refractivity (Wildman–Crippen MR) is 81.1 cm³/mol. The first-order valence-electron chi connectivity index (χ1n) is 5.98. The van der Waals surface area contributed by atoms with E-state index in [1.54, 1.807) is 0 Å². The fourth-order valence-corrected chi connectivity index (χ4v) is 2.62. The monoisotopic (exact) mass is 329 g/mol. The van der Waals surface area contributed by atoms with Crippen molar-refractivity contribution in [2.45, 2.75) is 26.2 Å². The Morgan fingerprint density at radius 2 is 1.95 bits per heavy atom. The lowest BCUT2D eigenvalue weighted by atomic mass is 9.91. The van der Waals surface area contributed by atoms with Crippen molar-refractivity contribution in [2.75, 3.05) is 5.73 Å². The van der Waals surface area contributed by atoms with Crippen molar-refractivity contribution in [3.8, 4) is 5.69 Å². The van der Waals surface area contributed by atoms with E-state index in [4.69, 9.17) is 28.9 Å². The molecule has 0 spiro atoms. The van der Waals surface area contributed by atoms with Crippen LogP contribution in [0.1, 0.15) is 26.5 Å². The topological polar surface area (TPSA) is 99.9 Å². The molecule has 9 heteroatoms. The first kappa shape index (κ1) is 15.5. The highest BCUT2D eigenvalue weighted by Gasteiger charge is 2.30. The molecule has 0 radical (unpaired) electrons. The molecule has 1 heterocycles. The van der Waals surface area contributed by atoms with Crippen LogP contribution in [-0.2, 0) is 5.41 Å². The molecular formula is C12H13Cl2N5O2. The van der Waals surface area contributed by atoms with Gasteiger partial charge in [-0.15, -0.1) is 5.10 Å². The van der Waals surface area contributed by atoms with Crippen LogP contribution in [0.25, 0.3) is 5.69 Å². The Kier molecular flexibility index (Phi) is 3.81. The van der Waals surface area contributed by atoms with Crippen LogP contribution in [0.5, 0.6) is 0 Å². The van der Waals surface area contributed by atoms with Crippen molar-refractivity contribution >= 4 is 34.7 Å². The number of nitrogen functional groups attached to an aromatic ring is 1. The number of hydrogen-bond donors (Lipinski definition) is 1. The SMILES string of the molecule is CC(C)(C)c1c(N)nnn1-c1c(Cl)cc(Cl)cc1[N+](=O)[O-]. The molecule has 0 aliphatic heterocycles. The molecule has 2 N–H and O–H groups in total. The maximum atomic E-state index is 11.3. The largest absolute Gasteiger partial charge is 0.381 e. The fraction of sp³-hybridized carbons (Fsp3) is 0.333. The van der Waals surface area contributed by atoms with Gasteiger partial charge in [-0.05, 0) is 6.07 Å². The number of anilines is 1. The van der Waals surface area contributed by atoms with Crippen LogP contribution in [-0.4, -0.2) is 19.9 Å². The van der Waals surface area contributed by atoms with E-state index in [0.717, 1.165) is 0 Å². The number of nitro benzene ring substituents is 1. The second-order valence-corrected chi connectivity index (χ2v) is 6.34. The Morgan fingerprint density at radius 3 is 2.48 bits per heavy atom. The Labute approximate surface area is 130 Å². The van der Waals surface area contributed by atoms with Crippen LogP contribution in [0.3, 0.4) is 0 Å². The highest BCUT2D eigenvalue weighted by molar-refractivity contribution is 6.36. The van der Waals surface area contributed by atoms with Crippen LogP contribution < -0.4 is 5.73 Å². The van der Waals surface area contributed by atoms with Gasteiger partial charge in [0, 0.05) is 16.5 Å². The van der Waals surface area contributed by atoms with Gasteiger partial charge in [0.05, 0.1) is 15.6 Å². The molecular weight excluding hydrogens is 317 g/mol. The third-order valence-corrected chi connectivity index (χ3v) is 3.33. The number of nitrogens with two attached hydrogens (primary N) is 1. The van der Waals surface area contributed by atoms with Gasteiger partial charge in [-0.25, -0.2) is 4.68 Å². The number of nitro groups is 1. The average Bonchev–Trinajstić information content (AvgIpc) is 2.69. The molecule has 0 atom stereocenters. The number of rotatable bonds is 2. The molecule has 0 saturated carbocycles. The first-order valence-corrected chi connectivity index (χ1v) is 6.74. The molecule has 0 saturated heterocycles. The third kappa shape index (κ3) is 2.79. The lowest BCUT2D eigenvalue weighted by molar-refractivity contribution is -0.384. The minimum Gasteiger partial charge on any atom is -0.381 e. The van der Waals surface area contributed by atoms with Crippen molar-refractivity contribution in [3.63, 3.8) is 0 Å². The standard InChI is InChI=1S/C12H13Cl2N5O2/c1-12(2,3)10-11(15)16-17-18(10)9-7(14)4-6(13)5-8(9)19(20)21/h4-5H,15H2,1-3H3. The molecule has 0 aliphatic carbocycles. The Hall–Kier alpha value is -1.86. The zero-order chi connectivity index (χ0) is 15.9. The summed E-state index contributed by atoms with van der Waals surface area (Å²) in [6.45, 7) is 5.69. The summed E-state index contributed by atoms with van der Waals surface area (Å²) in [6, 6.07) is 2.63. The van der Waals surface area contributed by atoms with E-state index in [2.05, 4.69) is 10.3 Å². The minimum absolute atomic E-state index is 0.0974. The van der Waals surface area contributed by atoms with Crippen molar-refractivity contribution in [1.29, 1.82) is 0 Å². The van der Waals surface area contributed by atoms with Crippen molar-refractivity contribution in [2.24, 2.45) is 0 Å². The van der Waals surface area contributed by atoms with E-state index in [1.807, 2.05) is 20.8 Å². The third-order valence-electron chi connectivity index (χ3n) is 2.82.